The topological polar surface area (TPSA) is 237 Å². The van der Waals surface area contributed by atoms with E-state index >= 15 is 0 Å². The Morgan fingerprint density at radius 1 is 0.290 bits per heavy atom. The summed E-state index contributed by atoms with van der Waals surface area (Å²) in [6.07, 6.45) is 74.5. The van der Waals surface area contributed by atoms with E-state index in [0.29, 0.717) is 25.7 Å². The van der Waals surface area contributed by atoms with E-state index in [2.05, 4.69) is 101 Å². The van der Waals surface area contributed by atoms with Crippen LogP contribution in [0.2, 0.25) is 0 Å². The van der Waals surface area contributed by atoms with Crippen molar-refractivity contribution in [3.63, 3.8) is 0 Å². The van der Waals surface area contributed by atoms with Gasteiger partial charge in [0.15, 0.2) is 12.2 Å². The Bertz CT molecular complexity index is 2180. The molecule has 0 aromatic carbocycles. The maximum absolute atomic E-state index is 13.1. The summed E-state index contributed by atoms with van der Waals surface area (Å²) < 4.78 is 68.6. The fraction of sp³-hybridized carbons (Fsp3) is 0.802. The number of hydrogen-bond donors (Lipinski definition) is 3. The quantitative estimate of drug-likeness (QED) is 0.0169. The molecule has 0 bridgehead atoms. The first-order valence-electron chi connectivity index (χ1n) is 40.2. The van der Waals surface area contributed by atoms with Gasteiger partial charge in [-0.25, -0.2) is 9.13 Å². The highest BCUT2D eigenvalue weighted by molar-refractivity contribution is 7.47. The van der Waals surface area contributed by atoms with Crippen molar-refractivity contribution in [2.45, 2.75) is 380 Å². The summed E-state index contributed by atoms with van der Waals surface area (Å²) in [6, 6.07) is 0. The lowest BCUT2D eigenvalue weighted by atomic mass is 10.0. The molecule has 17 nitrogen and oxygen atoms in total. The normalized spacial score (nSPS) is 14.3. The monoisotopic (exact) mass is 1450 g/mol. The number of carbonyl (C=O) groups is 4. The molecule has 100 heavy (non-hydrogen) atoms. The molecular formula is C81H146O17P2. The second-order valence-electron chi connectivity index (χ2n) is 27.0. The molecule has 19 heteroatoms. The Labute approximate surface area is 609 Å². The number of ether oxygens (including phenoxy) is 4. The van der Waals surface area contributed by atoms with Crippen molar-refractivity contribution in [2.24, 2.45) is 0 Å². The lowest BCUT2D eigenvalue weighted by Crippen LogP contribution is -2.30. The molecule has 0 spiro atoms. The van der Waals surface area contributed by atoms with E-state index in [4.69, 9.17) is 37.0 Å². The van der Waals surface area contributed by atoms with E-state index in [-0.39, 0.29) is 25.7 Å². The number of esters is 4. The molecule has 3 N–H and O–H groups in total. The molecule has 2 unspecified atom stereocenters. The lowest BCUT2D eigenvalue weighted by molar-refractivity contribution is -0.161. The highest BCUT2D eigenvalue weighted by Crippen LogP contribution is 2.45. The Morgan fingerprint density at radius 3 is 0.820 bits per heavy atom. The summed E-state index contributed by atoms with van der Waals surface area (Å²) in [7, 11) is -9.95. The van der Waals surface area contributed by atoms with Crippen LogP contribution in [0.4, 0.5) is 0 Å². The number of hydrogen-bond acceptors (Lipinski definition) is 15. The zero-order valence-corrected chi connectivity index (χ0v) is 65.4. The third kappa shape index (κ3) is 72.8. The van der Waals surface area contributed by atoms with Crippen molar-refractivity contribution in [3.05, 3.63) is 72.9 Å². The molecular weight excluding hydrogens is 1310 g/mol. The number of phosphoric acid groups is 2. The Balaban J connectivity index is 5.36. The van der Waals surface area contributed by atoms with Crippen molar-refractivity contribution < 1.29 is 80.2 Å². The second-order valence-corrected chi connectivity index (χ2v) is 29.9. The van der Waals surface area contributed by atoms with Crippen LogP contribution >= 0.6 is 15.6 Å². The van der Waals surface area contributed by atoms with Gasteiger partial charge in [0.05, 0.1) is 26.4 Å². The summed E-state index contributed by atoms with van der Waals surface area (Å²) >= 11 is 0. The number of rotatable bonds is 76. The average Bonchev–Trinajstić information content (AvgIpc) is 1.01. The Kier molecular flexibility index (Phi) is 71.2. The first-order valence-corrected chi connectivity index (χ1v) is 43.2. The molecule has 0 aromatic heterocycles. The first-order chi connectivity index (χ1) is 48.7. The number of allylic oxidation sites excluding steroid dienone is 12. The summed E-state index contributed by atoms with van der Waals surface area (Å²) in [5, 5.41) is 10.6. The van der Waals surface area contributed by atoms with Crippen LogP contribution in [-0.2, 0) is 65.4 Å². The van der Waals surface area contributed by atoms with E-state index in [1.165, 1.54) is 154 Å². The van der Waals surface area contributed by atoms with Gasteiger partial charge in [-0.05, 0) is 96.3 Å². The van der Waals surface area contributed by atoms with Crippen molar-refractivity contribution in [1.82, 2.24) is 0 Å². The highest BCUT2D eigenvalue weighted by Gasteiger charge is 2.30. The minimum absolute atomic E-state index is 0.0595. The van der Waals surface area contributed by atoms with Crippen LogP contribution in [0.5, 0.6) is 0 Å². The van der Waals surface area contributed by atoms with Crippen LogP contribution in [0.25, 0.3) is 0 Å². The van der Waals surface area contributed by atoms with Crippen LogP contribution in [0.3, 0.4) is 0 Å². The Morgan fingerprint density at radius 2 is 0.520 bits per heavy atom. The largest absolute Gasteiger partial charge is 0.472 e. The van der Waals surface area contributed by atoms with E-state index < -0.39 is 97.5 Å². The van der Waals surface area contributed by atoms with Gasteiger partial charge in [0.1, 0.15) is 19.3 Å². The number of aliphatic hydroxyl groups is 1. The predicted octanol–water partition coefficient (Wildman–Crippen LogP) is 23.2. The zero-order valence-electron chi connectivity index (χ0n) is 63.6. The van der Waals surface area contributed by atoms with E-state index in [0.717, 1.165) is 128 Å². The van der Waals surface area contributed by atoms with Gasteiger partial charge in [-0.3, -0.25) is 37.3 Å². The van der Waals surface area contributed by atoms with Gasteiger partial charge in [-0.1, -0.05) is 312 Å². The summed E-state index contributed by atoms with van der Waals surface area (Å²) in [5.74, 6) is -2.19. The van der Waals surface area contributed by atoms with E-state index in [1.54, 1.807) is 0 Å². The van der Waals surface area contributed by atoms with Gasteiger partial charge in [0, 0.05) is 25.7 Å². The third-order valence-electron chi connectivity index (χ3n) is 17.2. The third-order valence-corrected chi connectivity index (χ3v) is 19.1. The van der Waals surface area contributed by atoms with Gasteiger partial charge in [-0.2, -0.15) is 0 Å². The van der Waals surface area contributed by atoms with Gasteiger partial charge < -0.3 is 33.8 Å². The number of carbonyl (C=O) groups excluding carboxylic acids is 4. The van der Waals surface area contributed by atoms with Crippen LogP contribution < -0.4 is 0 Å². The molecule has 582 valence electrons. The molecule has 0 saturated carbocycles. The summed E-state index contributed by atoms with van der Waals surface area (Å²) in [5.41, 5.74) is 0. The molecule has 5 atom stereocenters. The van der Waals surface area contributed by atoms with Crippen molar-refractivity contribution in [1.29, 1.82) is 0 Å². The molecule has 0 radical (unpaired) electrons. The number of unbranched alkanes of at least 4 members (excludes halogenated alkanes) is 38. The molecule has 0 aliphatic rings. The minimum Gasteiger partial charge on any atom is -0.462 e. The molecule has 0 fully saturated rings. The summed E-state index contributed by atoms with van der Waals surface area (Å²) in [4.78, 5) is 73.0. The molecule has 0 aliphatic carbocycles. The zero-order chi connectivity index (χ0) is 73.2. The minimum atomic E-state index is -4.98. The standard InChI is InChI=1S/C81H146O17P2/c1-5-9-13-17-21-25-29-33-35-36-37-38-40-44-48-52-56-60-64-68-81(86)98-77(72-92-79(84)66-62-58-54-50-46-42-32-28-24-20-16-12-8-4)74-96-100(89,90)94-70-75(82)69-93-99(87,88)95-73-76(71-91-78(83)65-61-57-53-49-45-41-31-27-23-19-15-11-7-3)97-80(85)67-63-59-55-51-47-43-39-34-30-26-22-18-14-10-6-2/h9,13,21,25,33-35,37-39,44,48,75-77,82H,5-8,10-12,14-20,22-24,26-32,36,40-43,45-47,49-74H2,1-4H3,(H,87,88)(H,89,90)/b13-9-,25-21-,35-33-,38-37-,39-34-,48-44-/t75-,76+,77+/m0/s1. The average molecular weight is 1450 g/mol. The van der Waals surface area contributed by atoms with E-state index in [1.807, 2.05) is 0 Å². The van der Waals surface area contributed by atoms with Crippen molar-refractivity contribution in [3.8, 4) is 0 Å². The van der Waals surface area contributed by atoms with Crippen molar-refractivity contribution in [2.75, 3.05) is 39.6 Å². The fourth-order valence-corrected chi connectivity index (χ4v) is 12.6. The molecule has 0 aromatic rings. The second kappa shape index (κ2) is 73.8. The maximum Gasteiger partial charge on any atom is 0.472 e. The van der Waals surface area contributed by atoms with Crippen LogP contribution in [0.1, 0.15) is 362 Å². The molecule has 0 amide bonds. The molecule has 0 rings (SSSR count). The maximum atomic E-state index is 13.1. The Hall–Kier alpha value is -3.50. The molecule has 0 aliphatic heterocycles. The number of aliphatic hydroxyl groups excluding tert-OH is 1. The van der Waals surface area contributed by atoms with Gasteiger partial charge in [0.25, 0.3) is 0 Å². The summed E-state index contributed by atoms with van der Waals surface area (Å²) in [6.45, 7) is 4.77. The lowest BCUT2D eigenvalue weighted by Gasteiger charge is -2.21. The van der Waals surface area contributed by atoms with Gasteiger partial charge in [-0.15, -0.1) is 0 Å². The van der Waals surface area contributed by atoms with E-state index in [9.17, 15) is 43.2 Å². The molecule has 0 heterocycles. The fourth-order valence-electron chi connectivity index (χ4n) is 11.1. The van der Waals surface area contributed by atoms with Crippen LogP contribution in [0, 0.1) is 0 Å². The number of phosphoric ester groups is 2. The van der Waals surface area contributed by atoms with Crippen LogP contribution in [-0.4, -0.2) is 96.7 Å². The van der Waals surface area contributed by atoms with Crippen molar-refractivity contribution >= 4 is 39.5 Å². The van der Waals surface area contributed by atoms with Crippen LogP contribution in [0.15, 0.2) is 72.9 Å². The van der Waals surface area contributed by atoms with Gasteiger partial charge >= 0.3 is 39.5 Å². The predicted molar refractivity (Wildman–Crippen MR) is 409 cm³/mol. The SMILES string of the molecule is CC/C=C\C/C=C\C/C=C\C/C=C\C/C=C\CCCCCC(=O)O[C@H](COC(=O)CCCCCCCCCCCCCCC)COP(=O)(O)OC[C@@H](O)COP(=O)(O)OC[C@@H](COC(=O)CCCCCCCCCCCCCCC)OC(=O)CCCCCCC/C=C\CCCCCCCC. The van der Waals surface area contributed by atoms with Gasteiger partial charge in [0.2, 0.25) is 0 Å². The molecule has 0 saturated heterocycles. The first kappa shape index (κ1) is 96.5. The smallest absolute Gasteiger partial charge is 0.462 e. The highest BCUT2D eigenvalue weighted by atomic mass is 31.2.